The maximum absolute atomic E-state index is 11.7. The fourth-order valence-corrected chi connectivity index (χ4v) is 2.76. The Morgan fingerprint density at radius 2 is 2.18 bits per heavy atom. The van der Waals surface area contributed by atoms with Crippen LogP contribution in [0, 0.1) is 5.92 Å². The smallest absolute Gasteiger partial charge is 0.223 e. The number of thiophene rings is 1. The highest BCUT2D eigenvalue weighted by atomic mass is 32.1. The molecule has 0 radical (unpaired) electrons. The van der Waals surface area contributed by atoms with Gasteiger partial charge in [-0.05, 0) is 17.9 Å². The third kappa shape index (κ3) is 3.30. The van der Waals surface area contributed by atoms with Crippen LogP contribution >= 0.6 is 11.3 Å². The van der Waals surface area contributed by atoms with Crippen LogP contribution in [0.25, 0.3) is 0 Å². The normalized spacial score (nSPS) is 21.9. The van der Waals surface area contributed by atoms with Gasteiger partial charge in [0.05, 0.1) is 0 Å². The van der Waals surface area contributed by atoms with Crippen LogP contribution in [0.15, 0.2) is 17.5 Å². The summed E-state index contributed by atoms with van der Waals surface area (Å²) in [6, 6.07) is 4.10. The molecule has 2 amide bonds. The van der Waals surface area contributed by atoms with Crippen LogP contribution in [-0.4, -0.2) is 24.9 Å². The number of hydrogen-bond acceptors (Lipinski definition) is 3. The van der Waals surface area contributed by atoms with Crippen LogP contribution < -0.4 is 10.6 Å². The number of hydrogen-bond donors (Lipinski definition) is 2. The number of carbonyl (C=O) groups excluding carboxylic acids is 2. The maximum Gasteiger partial charge on any atom is 0.223 e. The van der Waals surface area contributed by atoms with Gasteiger partial charge in [0.25, 0.3) is 0 Å². The summed E-state index contributed by atoms with van der Waals surface area (Å²) < 4.78 is 0. The molecule has 4 nitrogen and oxygen atoms in total. The first-order valence-corrected chi connectivity index (χ1v) is 6.62. The van der Waals surface area contributed by atoms with Gasteiger partial charge in [-0.3, -0.25) is 9.59 Å². The zero-order valence-electron chi connectivity index (χ0n) is 9.73. The molecular formula is C12H16N2O2S. The lowest BCUT2D eigenvalue weighted by molar-refractivity contribution is -0.123. The second-order valence-corrected chi connectivity index (χ2v) is 5.22. The summed E-state index contributed by atoms with van der Waals surface area (Å²) in [6.45, 7) is 2.47. The van der Waals surface area contributed by atoms with Crippen LogP contribution in [0.4, 0.5) is 0 Å². The molecule has 1 aromatic heterocycles. The monoisotopic (exact) mass is 252 g/mol. The minimum atomic E-state index is -0.0675. The van der Waals surface area contributed by atoms with E-state index >= 15 is 0 Å². The molecular weight excluding hydrogens is 236 g/mol. The number of rotatable bonds is 5. The van der Waals surface area contributed by atoms with Crippen molar-refractivity contribution in [3.63, 3.8) is 0 Å². The molecule has 1 aliphatic carbocycles. The van der Waals surface area contributed by atoms with Gasteiger partial charge < -0.3 is 10.6 Å². The molecule has 2 rings (SSSR count). The van der Waals surface area contributed by atoms with Crippen molar-refractivity contribution in [3.05, 3.63) is 22.4 Å². The minimum Gasteiger partial charge on any atom is -0.355 e. The summed E-state index contributed by atoms with van der Waals surface area (Å²) in [4.78, 5) is 23.7. The quantitative estimate of drug-likeness (QED) is 0.771. The van der Waals surface area contributed by atoms with Crippen molar-refractivity contribution in [1.82, 2.24) is 10.6 Å². The fraction of sp³-hybridized carbons (Fsp3) is 0.500. The molecule has 5 heteroatoms. The lowest BCUT2D eigenvalue weighted by Crippen LogP contribution is -2.34. The minimum absolute atomic E-state index is 0.0675. The van der Waals surface area contributed by atoms with E-state index in [1.54, 1.807) is 11.3 Å². The highest BCUT2D eigenvalue weighted by Crippen LogP contribution is 2.48. The fourth-order valence-electron chi connectivity index (χ4n) is 1.86. The summed E-state index contributed by atoms with van der Waals surface area (Å²) >= 11 is 1.71. The van der Waals surface area contributed by atoms with Gasteiger partial charge >= 0.3 is 0 Å². The standard InChI is InChI=1S/C12H16N2O2S/c1-8(15)13-4-5-14-12(16)10-7-9(10)11-3-2-6-17-11/h2-3,6,9-10H,4-5,7H2,1H3,(H,13,15)(H,14,16). The van der Waals surface area contributed by atoms with Crippen molar-refractivity contribution in [2.24, 2.45) is 5.92 Å². The van der Waals surface area contributed by atoms with Gasteiger partial charge in [0.2, 0.25) is 11.8 Å². The zero-order chi connectivity index (χ0) is 12.3. The molecule has 2 N–H and O–H groups in total. The second-order valence-electron chi connectivity index (χ2n) is 4.24. The second kappa shape index (κ2) is 5.31. The molecule has 2 unspecified atom stereocenters. The predicted molar refractivity (Wildman–Crippen MR) is 66.9 cm³/mol. The molecule has 1 aromatic rings. The third-order valence-electron chi connectivity index (χ3n) is 2.83. The first-order chi connectivity index (χ1) is 8.18. The largest absolute Gasteiger partial charge is 0.355 e. The van der Waals surface area contributed by atoms with Crippen molar-refractivity contribution < 1.29 is 9.59 Å². The SMILES string of the molecule is CC(=O)NCCNC(=O)C1CC1c1cccs1. The van der Waals surface area contributed by atoms with E-state index in [0.717, 1.165) is 6.42 Å². The van der Waals surface area contributed by atoms with Gasteiger partial charge in [-0.25, -0.2) is 0 Å². The molecule has 2 atom stereocenters. The van der Waals surface area contributed by atoms with Crippen molar-refractivity contribution in [2.75, 3.05) is 13.1 Å². The van der Waals surface area contributed by atoms with Crippen molar-refractivity contribution in [3.8, 4) is 0 Å². The number of amides is 2. The van der Waals surface area contributed by atoms with Crippen molar-refractivity contribution in [2.45, 2.75) is 19.3 Å². The first kappa shape index (κ1) is 12.1. The topological polar surface area (TPSA) is 58.2 Å². The van der Waals surface area contributed by atoms with Gasteiger partial charge in [0, 0.05) is 36.7 Å². The summed E-state index contributed by atoms with van der Waals surface area (Å²) in [5.74, 6) is 0.581. The molecule has 0 bridgehead atoms. The average Bonchev–Trinajstić information content (AvgIpc) is 2.91. The van der Waals surface area contributed by atoms with Gasteiger partial charge in [-0.15, -0.1) is 11.3 Å². The molecule has 0 aliphatic heterocycles. The molecule has 1 aliphatic rings. The van der Waals surface area contributed by atoms with E-state index in [9.17, 15) is 9.59 Å². The Balaban J connectivity index is 1.67. The van der Waals surface area contributed by atoms with E-state index in [1.807, 2.05) is 11.4 Å². The van der Waals surface area contributed by atoms with Gasteiger partial charge in [0.1, 0.15) is 0 Å². The molecule has 0 saturated heterocycles. The van der Waals surface area contributed by atoms with Gasteiger partial charge in [-0.1, -0.05) is 6.07 Å². The Morgan fingerprint density at radius 3 is 2.82 bits per heavy atom. The van der Waals surface area contributed by atoms with E-state index in [-0.39, 0.29) is 17.7 Å². The highest BCUT2D eigenvalue weighted by Gasteiger charge is 2.44. The van der Waals surface area contributed by atoms with Crippen LogP contribution in [0.5, 0.6) is 0 Å². The number of carbonyl (C=O) groups is 2. The average molecular weight is 252 g/mol. The van der Waals surface area contributed by atoms with Gasteiger partial charge in [-0.2, -0.15) is 0 Å². The first-order valence-electron chi connectivity index (χ1n) is 5.74. The summed E-state index contributed by atoms with van der Waals surface area (Å²) in [5.41, 5.74) is 0. The zero-order valence-corrected chi connectivity index (χ0v) is 10.5. The van der Waals surface area contributed by atoms with Gasteiger partial charge in [0.15, 0.2) is 0 Å². The van der Waals surface area contributed by atoms with E-state index in [0.29, 0.717) is 19.0 Å². The lowest BCUT2D eigenvalue weighted by Gasteiger charge is -2.04. The molecule has 1 heterocycles. The van der Waals surface area contributed by atoms with E-state index in [2.05, 4.69) is 16.7 Å². The number of nitrogens with one attached hydrogen (secondary N) is 2. The van der Waals surface area contributed by atoms with E-state index in [4.69, 9.17) is 0 Å². The maximum atomic E-state index is 11.7. The lowest BCUT2D eigenvalue weighted by atomic mass is 10.2. The Hall–Kier alpha value is -1.36. The van der Waals surface area contributed by atoms with Crippen molar-refractivity contribution in [1.29, 1.82) is 0 Å². The molecule has 17 heavy (non-hydrogen) atoms. The molecule has 0 aromatic carbocycles. The molecule has 0 spiro atoms. The molecule has 92 valence electrons. The van der Waals surface area contributed by atoms with Crippen LogP contribution in [0.3, 0.4) is 0 Å². The van der Waals surface area contributed by atoms with Crippen LogP contribution in [0.1, 0.15) is 24.1 Å². The highest BCUT2D eigenvalue weighted by molar-refractivity contribution is 7.10. The Labute approximate surface area is 104 Å². The predicted octanol–water partition coefficient (Wildman–Crippen LogP) is 1.10. The third-order valence-corrected chi connectivity index (χ3v) is 3.84. The summed E-state index contributed by atoms with van der Waals surface area (Å²) in [5, 5.41) is 7.53. The van der Waals surface area contributed by atoms with Crippen LogP contribution in [-0.2, 0) is 9.59 Å². The molecule has 1 saturated carbocycles. The van der Waals surface area contributed by atoms with E-state index < -0.39 is 0 Å². The molecule has 1 fully saturated rings. The summed E-state index contributed by atoms with van der Waals surface area (Å²) in [7, 11) is 0. The Bertz CT molecular complexity index is 403. The van der Waals surface area contributed by atoms with Crippen LogP contribution in [0.2, 0.25) is 0 Å². The summed E-state index contributed by atoms with van der Waals surface area (Å²) in [6.07, 6.45) is 0.951. The Morgan fingerprint density at radius 1 is 1.41 bits per heavy atom. The van der Waals surface area contributed by atoms with Crippen molar-refractivity contribution >= 4 is 23.2 Å². The Kier molecular flexibility index (Phi) is 3.78. The van der Waals surface area contributed by atoms with E-state index in [1.165, 1.54) is 11.8 Å².